The number of halogens is 1. The van der Waals surface area contributed by atoms with Crippen LogP contribution in [0.3, 0.4) is 0 Å². The Bertz CT molecular complexity index is 643. The second-order valence-corrected chi connectivity index (χ2v) is 6.40. The fraction of sp³-hybridized carbons (Fsp3) is 0.267. The third kappa shape index (κ3) is 3.53. The molecule has 1 heterocycles. The molecule has 1 atom stereocenters. The average Bonchev–Trinajstić information content (AvgIpc) is 2.73. The molecule has 7 heteroatoms. The monoisotopic (exact) mass is 338 g/mol. The summed E-state index contributed by atoms with van der Waals surface area (Å²) in [6.07, 6.45) is 2.43. The van der Waals surface area contributed by atoms with Crippen molar-refractivity contribution in [1.82, 2.24) is 4.90 Å². The van der Waals surface area contributed by atoms with Crippen molar-refractivity contribution in [1.29, 1.82) is 0 Å². The molecular formula is C15H13FNO3S2-. The summed E-state index contributed by atoms with van der Waals surface area (Å²) in [6.45, 7) is 1.82. The zero-order valence-electron chi connectivity index (χ0n) is 11.7. The zero-order valence-corrected chi connectivity index (χ0v) is 13.4. The van der Waals surface area contributed by atoms with E-state index >= 15 is 0 Å². The van der Waals surface area contributed by atoms with E-state index in [2.05, 4.69) is 0 Å². The number of carbonyl (C=O) groups excluding carboxylic acids is 2. The number of benzene rings is 1. The standard InChI is InChI=1S/C15H14FNO3S2/c1-2-3-11(14(19)20)17-13(18)12(22-15(17)21)8-9-4-6-10(16)7-5-9/h4-8,11H,2-3H2,1H3,(H,19,20)/p-1/b12-8-/t11-/m1/s1. The SMILES string of the molecule is CCC[C@H](C(=O)[O-])N1C(=O)/C(=C/c2ccc(F)cc2)SC1=S. The maximum atomic E-state index is 12.9. The molecule has 1 aliphatic rings. The van der Waals surface area contributed by atoms with Gasteiger partial charge in [-0.1, -0.05) is 49.5 Å². The molecule has 4 nitrogen and oxygen atoms in total. The third-order valence-corrected chi connectivity index (χ3v) is 4.47. The lowest BCUT2D eigenvalue weighted by Crippen LogP contribution is -2.49. The molecule has 0 saturated carbocycles. The molecule has 22 heavy (non-hydrogen) atoms. The van der Waals surface area contributed by atoms with E-state index in [9.17, 15) is 19.1 Å². The molecule has 1 fully saturated rings. The highest BCUT2D eigenvalue weighted by molar-refractivity contribution is 8.26. The number of thioether (sulfide) groups is 1. The van der Waals surface area contributed by atoms with Gasteiger partial charge in [-0.25, -0.2) is 4.39 Å². The normalized spacial score (nSPS) is 18.1. The molecule has 0 aromatic heterocycles. The lowest BCUT2D eigenvalue weighted by molar-refractivity contribution is -0.310. The molecule has 1 aliphatic heterocycles. The summed E-state index contributed by atoms with van der Waals surface area (Å²) < 4.78 is 13.1. The number of carboxylic acid groups (broad SMARTS) is 1. The first-order valence-electron chi connectivity index (χ1n) is 6.67. The summed E-state index contributed by atoms with van der Waals surface area (Å²) >= 11 is 6.15. The molecule has 0 unspecified atom stereocenters. The van der Waals surface area contributed by atoms with E-state index in [1.807, 2.05) is 6.92 Å². The van der Waals surface area contributed by atoms with Gasteiger partial charge < -0.3 is 9.90 Å². The van der Waals surface area contributed by atoms with Gasteiger partial charge in [0.05, 0.1) is 16.9 Å². The van der Waals surface area contributed by atoms with Gasteiger partial charge in [0.1, 0.15) is 10.1 Å². The summed E-state index contributed by atoms with van der Waals surface area (Å²) in [4.78, 5) is 25.0. The molecule has 1 amide bonds. The Morgan fingerprint density at radius 1 is 1.45 bits per heavy atom. The van der Waals surface area contributed by atoms with E-state index in [0.717, 1.165) is 16.7 Å². The second-order valence-electron chi connectivity index (χ2n) is 4.73. The highest BCUT2D eigenvalue weighted by atomic mass is 32.2. The van der Waals surface area contributed by atoms with Crippen LogP contribution in [0.2, 0.25) is 0 Å². The van der Waals surface area contributed by atoms with Gasteiger partial charge in [0, 0.05) is 0 Å². The Balaban J connectivity index is 2.27. The minimum atomic E-state index is -1.32. The topological polar surface area (TPSA) is 60.4 Å². The van der Waals surface area contributed by atoms with Crippen molar-refractivity contribution in [3.8, 4) is 0 Å². The van der Waals surface area contributed by atoms with E-state index in [1.54, 1.807) is 6.08 Å². The molecule has 1 aromatic carbocycles. The van der Waals surface area contributed by atoms with Crippen molar-refractivity contribution in [2.24, 2.45) is 0 Å². The number of carbonyl (C=O) groups is 2. The molecule has 0 bridgehead atoms. The Labute approximate surface area is 137 Å². The number of carboxylic acids is 1. The van der Waals surface area contributed by atoms with Crippen LogP contribution in [0.4, 0.5) is 4.39 Å². The van der Waals surface area contributed by atoms with Crippen LogP contribution in [0.1, 0.15) is 25.3 Å². The quantitative estimate of drug-likeness (QED) is 0.607. The van der Waals surface area contributed by atoms with Crippen LogP contribution >= 0.6 is 24.0 Å². The van der Waals surface area contributed by atoms with Crippen LogP contribution in [-0.2, 0) is 9.59 Å². The average molecular weight is 338 g/mol. The first kappa shape index (κ1) is 16.6. The molecule has 0 aliphatic carbocycles. The predicted octanol–water partition coefficient (Wildman–Crippen LogP) is 1.95. The van der Waals surface area contributed by atoms with E-state index in [0.29, 0.717) is 16.9 Å². The molecule has 0 N–H and O–H groups in total. The van der Waals surface area contributed by atoms with Gasteiger partial charge in [0.15, 0.2) is 0 Å². The molecule has 1 saturated heterocycles. The lowest BCUT2D eigenvalue weighted by Gasteiger charge is -2.27. The summed E-state index contributed by atoms with van der Waals surface area (Å²) in [6, 6.07) is 4.58. The third-order valence-electron chi connectivity index (χ3n) is 3.14. The highest BCUT2D eigenvalue weighted by Crippen LogP contribution is 2.34. The molecule has 0 radical (unpaired) electrons. The van der Waals surface area contributed by atoms with Gasteiger partial charge >= 0.3 is 0 Å². The largest absolute Gasteiger partial charge is 0.548 e. The smallest absolute Gasteiger partial charge is 0.266 e. The Morgan fingerprint density at radius 3 is 2.64 bits per heavy atom. The van der Waals surface area contributed by atoms with E-state index in [-0.39, 0.29) is 16.6 Å². The maximum absolute atomic E-state index is 12.9. The van der Waals surface area contributed by atoms with Gasteiger partial charge in [-0.2, -0.15) is 0 Å². The number of hydrogen-bond donors (Lipinski definition) is 0. The van der Waals surface area contributed by atoms with Crippen molar-refractivity contribution in [2.45, 2.75) is 25.8 Å². The Hall–Kier alpha value is -1.73. The second kappa shape index (κ2) is 7.02. The van der Waals surface area contributed by atoms with Crippen LogP contribution in [0.5, 0.6) is 0 Å². The van der Waals surface area contributed by atoms with Gasteiger partial charge in [0.2, 0.25) is 0 Å². The van der Waals surface area contributed by atoms with Crippen LogP contribution in [0, 0.1) is 5.82 Å². The first-order valence-corrected chi connectivity index (χ1v) is 7.90. The van der Waals surface area contributed by atoms with E-state index in [4.69, 9.17) is 12.2 Å². The minimum Gasteiger partial charge on any atom is -0.548 e. The van der Waals surface area contributed by atoms with E-state index in [1.165, 1.54) is 24.3 Å². The number of amides is 1. The number of aliphatic carboxylic acids is 1. The fourth-order valence-electron chi connectivity index (χ4n) is 2.08. The summed E-state index contributed by atoms with van der Waals surface area (Å²) in [5.41, 5.74) is 0.641. The molecule has 116 valence electrons. The van der Waals surface area contributed by atoms with Crippen molar-refractivity contribution in [2.75, 3.05) is 0 Å². The first-order chi connectivity index (χ1) is 10.4. The predicted molar refractivity (Wildman–Crippen MR) is 85.1 cm³/mol. The minimum absolute atomic E-state index is 0.195. The van der Waals surface area contributed by atoms with Crippen LogP contribution in [-0.4, -0.2) is 27.1 Å². The van der Waals surface area contributed by atoms with Crippen molar-refractivity contribution in [3.63, 3.8) is 0 Å². The maximum Gasteiger partial charge on any atom is 0.266 e. The van der Waals surface area contributed by atoms with Crippen molar-refractivity contribution < 1.29 is 19.1 Å². The van der Waals surface area contributed by atoms with Crippen molar-refractivity contribution in [3.05, 3.63) is 40.6 Å². The van der Waals surface area contributed by atoms with Gasteiger partial charge in [-0.05, 0) is 30.2 Å². The van der Waals surface area contributed by atoms with Crippen LogP contribution in [0.25, 0.3) is 6.08 Å². The van der Waals surface area contributed by atoms with Crippen LogP contribution < -0.4 is 5.11 Å². The zero-order chi connectivity index (χ0) is 16.3. The van der Waals surface area contributed by atoms with Crippen LogP contribution in [0.15, 0.2) is 29.2 Å². The molecule has 2 rings (SSSR count). The van der Waals surface area contributed by atoms with Crippen molar-refractivity contribution >= 4 is 46.3 Å². The fourth-order valence-corrected chi connectivity index (χ4v) is 3.44. The summed E-state index contributed by atoms with van der Waals surface area (Å²) in [7, 11) is 0. The Kier molecular flexibility index (Phi) is 5.31. The van der Waals surface area contributed by atoms with E-state index < -0.39 is 17.9 Å². The Morgan fingerprint density at radius 2 is 2.09 bits per heavy atom. The molecular weight excluding hydrogens is 325 g/mol. The molecule has 0 spiro atoms. The number of hydrogen-bond acceptors (Lipinski definition) is 5. The number of nitrogens with zero attached hydrogens (tertiary/aromatic N) is 1. The summed E-state index contributed by atoms with van der Waals surface area (Å²) in [5.74, 6) is -2.15. The van der Waals surface area contributed by atoms with Gasteiger partial charge in [-0.3, -0.25) is 9.69 Å². The van der Waals surface area contributed by atoms with Gasteiger partial charge in [0.25, 0.3) is 5.91 Å². The number of thiocarbonyl (C=S) groups is 1. The highest BCUT2D eigenvalue weighted by Gasteiger charge is 2.37. The molecule has 1 aromatic rings. The number of rotatable bonds is 5. The lowest BCUT2D eigenvalue weighted by atomic mass is 10.1. The van der Waals surface area contributed by atoms with Gasteiger partial charge in [-0.15, -0.1) is 0 Å². The summed E-state index contributed by atoms with van der Waals surface area (Å²) in [5, 5.41) is 11.2.